The van der Waals surface area contributed by atoms with Gasteiger partial charge in [0.1, 0.15) is 22.5 Å². The van der Waals surface area contributed by atoms with Crippen molar-refractivity contribution < 1.29 is 37.3 Å². The lowest BCUT2D eigenvalue weighted by molar-refractivity contribution is 0.309. The van der Waals surface area contributed by atoms with E-state index in [-0.39, 0.29) is 34.8 Å². The molecule has 3 aromatic carbocycles. The smallest absolute Gasteiger partial charge is 0.276 e. The summed E-state index contributed by atoms with van der Waals surface area (Å²) >= 11 is 7.44. The zero-order valence-electron chi connectivity index (χ0n) is 24.6. The zero-order chi connectivity index (χ0) is 31.2. The average molecular weight is 641 g/mol. The highest BCUT2D eigenvalue weighted by molar-refractivity contribution is 7.99. The van der Waals surface area contributed by atoms with Gasteiger partial charge >= 0.3 is 0 Å². The number of nitrogens with zero attached hydrogens (tertiary/aromatic N) is 2. The van der Waals surface area contributed by atoms with Crippen LogP contribution in [0, 0.1) is 0 Å². The van der Waals surface area contributed by atoms with Gasteiger partial charge in [-0.3, -0.25) is 4.79 Å². The Morgan fingerprint density at radius 2 is 1.55 bits per heavy atom. The molecule has 0 saturated heterocycles. The fraction of sp³-hybridized carbons (Fsp3) is 0.258. The van der Waals surface area contributed by atoms with E-state index in [2.05, 4.69) is 10.2 Å². The second-order valence-electron chi connectivity index (χ2n) is 9.14. The summed E-state index contributed by atoms with van der Waals surface area (Å²) in [6.45, 7) is 0.189. The number of methoxy groups -OCH3 is 5. The molecule has 230 valence electrons. The van der Waals surface area contributed by atoms with E-state index in [0.29, 0.717) is 56.9 Å². The van der Waals surface area contributed by atoms with Gasteiger partial charge in [-0.25, -0.2) is 0 Å². The third kappa shape index (κ3) is 6.36. The van der Waals surface area contributed by atoms with Crippen LogP contribution in [0.2, 0.25) is 5.02 Å². The van der Waals surface area contributed by atoms with Crippen LogP contribution >= 0.6 is 23.4 Å². The molecule has 2 heterocycles. The van der Waals surface area contributed by atoms with E-state index >= 15 is 0 Å². The highest BCUT2D eigenvalue weighted by atomic mass is 35.5. The number of hydrogen-bond acceptors (Lipinski definition) is 12. The summed E-state index contributed by atoms with van der Waals surface area (Å²) in [6.07, 6.45) is 0.547. The minimum atomic E-state index is -0.412. The maximum Gasteiger partial charge on any atom is 0.276 e. The monoisotopic (exact) mass is 640 g/mol. The first-order valence-corrected chi connectivity index (χ1v) is 14.6. The van der Waals surface area contributed by atoms with E-state index in [1.165, 1.54) is 47.3 Å². The van der Waals surface area contributed by atoms with Crippen LogP contribution in [0.4, 0.5) is 0 Å². The van der Waals surface area contributed by atoms with Crippen molar-refractivity contribution >= 4 is 34.3 Å². The molecule has 11 nitrogen and oxygen atoms in total. The highest BCUT2D eigenvalue weighted by Gasteiger charge is 2.24. The van der Waals surface area contributed by atoms with E-state index in [9.17, 15) is 4.79 Å². The Labute approximate surface area is 261 Å². The van der Waals surface area contributed by atoms with Gasteiger partial charge in [-0.15, -0.1) is 10.2 Å². The maximum atomic E-state index is 13.9. The molecule has 2 aromatic heterocycles. The largest absolute Gasteiger partial charge is 0.496 e. The number of fused-ring (bicyclic) bond motifs is 1. The molecule has 0 aliphatic heterocycles. The van der Waals surface area contributed by atoms with E-state index in [4.69, 9.17) is 48.9 Å². The number of halogens is 1. The van der Waals surface area contributed by atoms with Gasteiger partial charge in [0.05, 0.1) is 42.2 Å². The Hall–Kier alpha value is -4.55. The number of thioether (sulfide) groups is 1. The van der Waals surface area contributed by atoms with E-state index in [0.717, 1.165) is 5.56 Å². The first-order valence-electron chi connectivity index (χ1n) is 13.3. The van der Waals surface area contributed by atoms with Gasteiger partial charge in [-0.2, -0.15) is 0 Å². The van der Waals surface area contributed by atoms with Gasteiger partial charge in [0.15, 0.2) is 17.3 Å². The number of rotatable bonds is 13. The molecular weight excluding hydrogens is 612 g/mol. The molecule has 44 heavy (non-hydrogen) atoms. The van der Waals surface area contributed by atoms with Crippen LogP contribution in [-0.4, -0.2) is 58.1 Å². The van der Waals surface area contributed by atoms with Crippen LogP contribution in [0.15, 0.2) is 67.4 Å². The fourth-order valence-electron chi connectivity index (χ4n) is 4.45. The Morgan fingerprint density at radius 1 is 0.795 bits per heavy atom. The molecule has 0 radical (unpaired) electrons. The van der Waals surface area contributed by atoms with E-state index in [1.807, 2.05) is 12.1 Å². The minimum Gasteiger partial charge on any atom is -0.496 e. The molecule has 0 atom stereocenters. The summed E-state index contributed by atoms with van der Waals surface area (Å²) < 4.78 is 45.6. The molecule has 0 aliphatic rings. The third-order valence-electron chi connectivity index (χ3n) is 6.51. The Bertz CT molecular complexity index is 1810. The summed E-state index contributed by atoms with van der Waals surface area (Å²) in [7, 11) is 7.50. The zero-order valence-corrected chi connectivity index (χ0v) is 26.2. The highest BCUT2D eigenvalue weighted by Crippen LogP contribution is 2.44. The van der Waals surface area contributed by atoms with Gasteiger partial charge in [-0.1, -0.05) is 29.4 Å². The molecule has 0 fully saturated rings. The van der Waals surface area contributed by atoms with Crippen LogP contribution in [0.5, 0.6) is 34.5 Å². The van der Waals surface area contributed by atoms with Crippen molar-refractivity contribution in [2.45, 2.75) is 11.6 Å². The first kappa shape index (κ1) is 30.9. The standard InChI is InChI=1S/C31H29ClN2O9S/c1-36-20-15-21(37-2)25-22(16-20)42-27(18-13-23(38-3)28(40-5)24(14-18)39-4)29(26(25)35)41-10-7-11-44-31-34-33-30(43-31)17-8-6-9-19(32)12-17/h6,8-9,12-16H,7,10-11H2,1-5H3. The average Bonchev–Trinajstić information content (AvgIpc) is 3.53. The predicted octanol–water partition coefficient (Wildman–Crippen LogP) is 6.77. The number of benzene rings is 3. The number of aromatic nitrogens is 2. The van der Waals surface area contributed by atoms with Crippen LogP contribution in [0.1, 0.15) is 6.42 Å². The second kappa shape index (κ2) is 13.8. The third-order valence-corrected chi connectivity index (χ3v) is 7.65. The number of ether oxygens (including phenoxy) is 6. The van der Waals surface area contributed by atoms with Crippen molar-refractivity contribution in [1.82, 2.24) is 10.2 Å². The molecule has 5 rings (SSSR count). The Morgan fingerprint density at radius 3 is 2.20 bits per heavy atom. The molecule has 0 saturated carbocycles. The normalized spacial score (nSPS) is 11.0. The van der Waals surface area contributed by atoms with E-state index in [1.54, 1.807) is 36.4 Å². The van der Waals surface area contributed by atoms with Gasteiger partial charge in [-0.05, 0) is 36.8 Å². The lowest BCUT2D eigenvalue weighted by Gasteiger charge is -2.16. The van der Waals surface area contributed by atoms with Crippen LogP contribution < -0.4 is 33.8 Å². The topological polar surface area (TPSA) is 125 Å². The lowest BCUT2D eigenvalue weighted by atomic mass is 10.1. The summed E-state index contributed by atoms with van der Waals surface area (Å²) in [5, 5.41) is 9.39. The van der Waals surface area contributed by atoms with Crippen molar-refractivity contribution in [1.29, 1.82) is 0 Å². The summed E-state index contributed by atoms with van der Waals surface area (Å²) in [6, 6.07) is 13.8. The van der Waals surface area contributed by atoms with Gasteiger partial charge in [0.25, 0.3) is 5.22 Å². The van der Waals surface area contributed by atoms with Gasteiger partial charge < -0.3 is 37.3 Å². The predicted molar refractivity (Wildman–Crippen MR) is 166 cm³/mol. The van der Waals surface area contributed by atoms with Crippen LogP contribution in [-0.2, 0) is 0 Å². The second-order valence-corrected chi connectivity index (χ2v) is 10.6. The van der Waals surface area contributed by atoms with E-state index < -0.39 is 5.43 Å². The lowest BCUT2D eigenvalue weighted by Crippen LogP contribution is -2.12. The summed E-state index contributed by atoms with van der Waals surface area (Å²) in [4.78, 5) is 13.9. The SMILES string of the molecule is COc1cc(OC)c2c(=O)c(OCCCSc3nnc(-c4cccc(Cl)c4)o3)c(-c3cc(OC)c(OC)c(OC)c3)oc2c1. The van der Waals surface area contributed by atoms with Gasteiger partial charge in [0, 0.05) is 34.0 Å². The Balaban J connectivity index is 1.44. The molecule has 0 spiro atoms. The van der Waals surface area contributed by atoms with Crippen molar-refractivity contribution in [3.63, 3.8) is 0 Å². The summed E-state index contributed by atoms with van der Waals surface area (Å²) in [5.74, 6) is 3.03. The van der Waals surface area contributed by atoms with Crippen molar-refractivity contribution in [2.75, 3.05) is 47.9 Å². The van der Waals surface area contributed by atoms with Crippen LogP contribution in [0.25, 0.3) is 33.7 Å². The van der Waals surface area contributed by atoms with Gasteiger partial charge in [0.2, 0.25) is 22.8 Å². The quantitative estimate of drug-likeness (QED) is 0.0996. The minimum absolute atomic E-state index is 0.00118. The molecule has 0 N–H and O–H groups in total. The Kier molecular flexibility index (Phi) is 9.71. The number of hydrogen-bond donors (Lipinski definition) is 0. The molecule has 5 aromatic rings. The first-order chi connectivity index (χ1) is 21.4. The molecule has 0 bridgehead atoms. The van der Waals surface area contributed by atoms with Crippen molar-refractivity contribution in [3.8, 4) is 57.3 Å². The molecular formula is C31H29ClN2O9S. The van der Waals surface area contributed by atoms with Crippen LogP contribution in [0.3, 0.4) is 0 Å². The fourth-order valence-corrected chi connectivity index (χ4v) is 5.32. The van der Waals surface area contributed by atoms with Crippen molar-refractivity contribution in [3.05, 3.63) is 63.8 Å². The molecule has 0 aliphatic carbocycles. The molecule has 0 unspecified atom stereocenters. The molecule has 13 heteroatoms. The molecule has 0 amide bonds. The van der Waals surface area contributed by atoms with Crippen molar-refractivity contribution in [2.24, 2.45) is 0 Å². The summed E-state index contributed by atoms with van der Waals surface area (Å²) in [5.41, 5.74) is 1.05. The maximum absolute atomic E-state index is 13.9.